The summed E-state index contributed by atoms with van der Waals surface area (Å²) >= 11 is 0. The van der Waals surface area contributed by atoms with Gasteiger partial charge in [-0.3, -0.25) is 4.90 Å². The number of hydrogen-bond donors (Lipinski definition) is 0. The molecular weight excluding hydrogens is 424 g/mol. The Bertz CT molecular complexity index is 1100. The quantitative estimate of drug-likeness (QED) is 0.636. The van der Waals surface area contributed by atoms with E-state index >= 15 is 0 Å². The predicted octanol–water partition coefficient (Wildman–Crippen LogP) is 4.99. The summed E-state index contributed by atoms with van der Waals surface area (Å²) in [5, 5.41) is 0. The van der Waals surface area contributed by atoms with Crippen molar-refractivity contribution < 1.29 is 17.9 Å². The molecule has 2 aliphatic heterocycles. The Kier molecular flexibility index (Phi) is 6.07. The first kappa shape index (κ1) is 22.8. The molecule has 4 rings (SSSR count). The summed E-state index contributed by atoms with van der Waals surface area (Å²) < 4.78 is 33.4. The molecule has 2 heterocycles. The first-order valence-corrected chi connectivity index (χ1v) is 12.7. The fourth-order valence-corrected chi connectivity index (χ4v) is 6.05. The highest BCUT2D eigenvalue weighted by atomic mass is 32.2. The maximum absolute atomic E-state index is 13.2. The second-order valence-corrected chi connectivity index (χ2v) is 11.3. The van der Waals surface area contributed by atoms with Gasteiger partial charge in [0.25, 0.3) is 0 Å². The molecule has 2 aliphatic rings. The minimum atomic E-state index is -3.57. The number of nitrogens with zero attached hydrogens (tertiary/aromatic N) is 2. The number of amides is 1. The smallest absolute Gasteiger partial charge is 0.414 e. The van der Waals surface area contributed by atoms with Gasteiger partial charge in [0.15, 0.2) is 0 Å². The zero-order chi connectivity index (χ0) is 23.1. The molecule has 32 heavy (non-hydrogen) atoms. The largest absolute Gasteiger partial charge is 0.444 e. The number of para-hydroxylation sites is 1. The van der Waals surface area contributed by atoms with Crippen LogP contribution >= 0.6 is 0 Å². The van der Waals surface area contributed by atoms with Gasteiger partial charge in [-0.2, -0.15) is 4.31 Å². The molecule has 7 heteroatoms. The summed E-state index contributed by atoms with van der Waals surface area (Å²) in [6.07, 6.45) is 1.78. The number of aryl methyl sites for hydroxylation is 1. The normalized spacial score (nSPS) is 18.4. The van der Waals surface area contributed by atoms with E-state index in [0.717, 1.165) is 28.8 Å². The van der Waals surface area contributed by atoms with E-state index in [-0.39, 0.29) is 24.2 Å². The Morgan fingerprint density at radius 1 is 1.06 bits per heavy atom. The number of ether oxygens (including phenoxy) is 1. The fourth-order valence-electron chi connectivity index (χ4n) is 4.58. The summed E-state index contributed by atoms with van der Waals surface area (Å²) in [5.41, 5.74) is 4.09. The number of rotatable bonds is 5. The van der Waals surface area contributed by atoms with Gasteiger partial charge in [-0.05, 0) is 54.9 Å². The van der Waals surface area contributed by atoms with Crippen molar-refractivity contribution in [3.8, 4) is 0 Å². The highest BCUT2D eigenvalue weighted by Crippen LogP contribution is 2.35. The number of sulfonamides is 1. The number of piperidine rings is 1. The van der Waals surface area contributed by atoms with E-state index in [1.807, 2.05) is 37.3 Å². The molecule has 0 N–H and O–H groups in total. The van der Waals surface area contributed by atoms with Gasteiger partial charge in [-0.15, -0.1) is 0 Å². The summed E-state index contributed by atoms with van der Waals surface area (Å²) in [4.78, 5) is 14.7. The number of cyclic esters (lactones) is 1. The molecule has 1 fully saturated rings. The molecule has 0 aromatic heterocycles. The van der Waals surface area contributed by atoms with Crippen molar-refractivity contribution in [2.45, 2.75) is 69.9 Å². The summed E-state index contributed by atoms with van der Waals surface area (Å²) in [5.74, 6) is 0. The monoisotopic (exact) mass is 456 g/mol. The number of anilines is 1. The maximum Gasteiger partial charge on any atom is 0.414 e. The molecule has 0 radical (unpaired) electrons. The van der Waals surface area contributed by atoms with Crippen LogP contribution in [0.5, 0.6) is 0 Å². The maximum atomic E-state index is 13.2. The summed E-state index contributed by atoms with van der Waals surface area (Å²) in [6, 6.07) is 13.1. The predicted molar refractivity (Wildman–Crippen MR) is 125 cm³/mol. The van der Waals surface area contributed by atoms with Crippen molar-refractivity contribution in [3.63, 3.8) is 0 Å². The number of benzene rings is 2. The van der Waals surface area contributed by atoms with Crippen LogP contribution in [0.15, 0.2) is 47.4 Å². The molecule has 0 spiro atoms. The molecular formula is C25H32N2O4S. The Morgan fingerprint density at radius 2 is 1.72 bits per heavy atom. The fraction of sp³-hybridized carbons (Fsp3) is 0.480. The van der Waals surface area contributed by atoms with Gasteiger partial charge in [0, 0.05) is 24.7 Å². The third-order valence-corrected chi connectivity index (χ3v) is 8.97. The van der Waals surface area contributed by atoms with E-state index in [4.69, 9.17) is 4.74 Å². The SMILES string of the molecule is CCC(C)(C)c1ccc(S(=O)(=O)N2CCC(N3C(=O)OCc4cccc(C)c43)CC2)cc1. The molecule has 0 aliphatic carbocycles. The lowest BCUT2D eigenvalue weighted by Crippen LogP contribution is -2.50. The Hall–Kier alpha value is -2.38. The molecule has 1 amide bonds. The van der Waals surface area contributed by atoms with E-state index in [1.54, 1.807) is 17.0 Å². The van der Waals surface area contributed by atoms with Crippen LogP contribution in [0.2, 0.25) is 0 Å². The number of fused-ring (bicyclic) bond motifs is 1. The van der Waals surface area contributed by atoms with E-state index in [0.29, 0.717) is 30.8 Å². The van der Waals surface area contributed by atoms with Gasteiger partial charge >= 0.3 is 6.09 Å². The van der Waals surface area contributed by atoms with Crippen LogP contribution in [0.25, 0.3) is 0 Å². The Labute approximate surface area is 191 Å². The van der Waals surface area contributed by atoms with Crippen LogP contribution in [0, 0.1) is 6.92 Å². The van der Waals surface area contributed by atoms with Gasteiger partial charge in [0.05, 0.1) is 10.6 Å². The third-order valence-electron chi connectivity index (χ3n) is 7.06. The van der Waals surface area contributed by atoms with E-state index in [9.17, 15) is 13.2 Å². The standard InChI is InChI=1S/C25H32N2O4S/c1-5-25(3,4)20-9-11-22(12-10-20)32(29,30)26-15-13-21(14-16-26)27-23-18(2)7-6-8-19(23)17-31-24(27)28/h6-12,21H,5,13-17H2,1-4H3. The van der Waals surface area contributed by atoms with Gasteiger partial charge in [0.2, 0.25) is 10.0 Å². The van der Waals surface area contributed by atoms with Crippen molar-refractivity contribution in [3.05, 3.63) is 59.2 Å². The summed E-state index contributed by atoms with van der Waals surface area (Å²) in [7, 11) is -3.57. The van der Waals surface area contributed by atoms with Crippen molar-refractivity contribution in [1.82, 2.24) is 4.31 Å². The highest BCUT2D eigenvalue weighted by Gasteiger charge is 2.37. The Balaban J connectivity index is 1.50. The first-order chi connectivity index (χ1) is 15.1. The van der Waals surface area contributed by atoms with Crippen LogP contribution in [-0.2, 0) is 26.8 Å². The van der Waals surface area contributed by atoms with Crippen LogP contribution in [0.3, 0.4) is 0 Å². The topological polar surface area (TPSA) is 66.9 Å². The lowest BCUT2D eigenvalue weighted by molar-refractivity contribution is 0.135. The van der Waals surface area contributed by atoms with Crippen molar-refractivity contribution in [2.75, 3.05) is 18.0 Å². The average Bonchev–Trinajstić information content (AvgIpc) is 2.80. The van der Waals surface area contributed by atoms with Crippen LogP contribution < -0.4 is 4.90 Å². The third kappa shape index (κ3) is 4.04. The van der Waals surface area contributed by atoms with Crippen molar-refractivity contribution in [1.29, 1.82) is 0 Å². The minimum absolute atomic E-state index is 0.0120. The van der Waals surface area contributed by atoms with Gasteiger partial charge in [0.1, 0.15) is 6.61 Å². The van der Waals surface area contributed by atoms with Crippen molar-refractivity contribution >= 4 is 21.8 Å². The average molecular weight is 457 g/mol. The lowest BCUT2D eigenvalue weighted by Gasteiger charge is -2.40. The van der Waals surface area contributed by atoms with Crippen LogP contribution in [0.1, 0.15) is 56.7 Å². The molecule has 2 aromatic carbocycles. The second kappa shape index (κ2) is 8.52. The molecule has 172 valence electrons. The van der Waals surface area contributed by atoms with Crippen LogP contribution in [0.4, 0.5) is 10.5 Å². The molecule has 6 nitrogen and oxygen atoms in total. The molecule has 0 unspecified atom stereocenters. The van der Waals surface area contributed by atoms with E-state index in [2.05, 4.69) is 20.8 Å². The van der Waals surface area contributed by atoms with E-state index in [1.165, 1.54) is 4.31 Å². The molecule has 1 saturated heterocycles. The van der Waals surface area contributed by atoms with E-state index < -0.39 is 10.0 Å². The zero-order valence-electron chi connectivity index (χ0n) is 19.3. The number of carbonyl (C=O) groups is 1. The lowest BCUT2D eigenvalue weighted by atomic mass is 9.82. The van der Waals surface area contributed by atoms with Gasteiger partial charge in [-0.1, -0.05) is 51.1 Å². The first-order valence-electron chi connectivity index (χ1n) is 11.3. The molecule has 0 bridgehead atoms. The molecule has 0 atom stereocenters. The van der Waals surface area contributed by atoms with Gasteiger partial charge < -0.3 is 4.74 Å². The van der Waals surface area contributed by atoms with Gasteiger partial charge in [-0.25, -0.2) is 13.2 Å². The summed E-state index contributed by atoms with van der Waals surface area (Å²) in [6.45, 7) is 9.48. The number of carbonyl (C=O) groups excluding carboxylic acids is 1. The Morgan fingerprint density at radius 3 is 2.34 bits per heavy atom. The molecule has 2 aromatic rings. The minimum Gasteiger partial charge on any atom is -0.444 e. The second-order valence-electron chi connectivity index (χ2n) is 9.40. The van der Waals surface area contributed by atoms with Crippen molar-refractivity contribution in [2.24, 2.45) is 0 Å². The van der Waals surface area contributed by atoms with Crippen LogP contribution in [-0.4, -0.2) is 37.9 Å². The highest BCUT2D eigenvalue weighted by molar-refractivity contribution is 7.89. The zero-order valence-corrected chi connectivity index (χ0v) is 20.1. The molecule has 0 saturated carbocycles. The number of hydrogen-bond acceptors (Lipinski definition) is 4.